The number of hydrogen-bond donors (Lipinski definition) is 2. The van der Waals surface area contributed by atoms with Crippen molar-refractivity contribution in [1.29, 1.82) is 0 Å². The summed E-state index contributed by atoms with van der Waals surface area (Å²) in [6.45, 7) is 2.43. The van der Waals surface area contributed by atoms with Crippen molar-refractivity contribution in [2.45, 2.75) is 13.5 Å². The van der Waals surface area contributed by atoms with Crippen LogP contribution in [0.15, 0.2) is 48.7 Å². The molecule has 26 heavy (non-hydrogen) atoms. The minimum atomic E-state index is -0.344. The van der Waals surface area contributed by atoms with E-state index in [2.05, 4.69) is 16.0 Å². The number of carbonyl (C=O) groups is 1. The zero-order chi connectivity index (χ0) is 18.7. The van der Waals surface area contributed by atoms with Gasteiger partial charge in [-0.05, 0) is 24.6 Å². The maximum atomic E-state index is 12.5. The Morgan fingerprint density at radius 2 is 1.77 bits per heavy atom. The Balaban J connectivity index is 1.71. The molecule has 0 bridgehead atoms. The summed E-state index contributed by atoms with van der Waals surface area (Å²) in [5.74, 6) is -0.344. The summed E-state index contributed by atoms with van der Waals surface area (Å²) in [7, 11) is 0. The molecule has 0 aliphatic rings. The fourth-order valence-electron chi connectivity index (χ4n) is 2.43. The van der Waals surface area contributed by atoms with Gasteiger partial charge in [-0.3, -0.25) is 20.3 Å². The van der Waals surface area contributed by atoms with E-state index in [-0.39, 0.29) is 5.91 Å². The fourth-order valence-corrected chi connectivity index (χ4v) is 3.34. The quantitative estimate of drug-likeness (QED) is 0.586. The zero-order valence-electron chi connectivity index (χ0n) is 13.8. The van der Waals surface area contributed by atoms with Crippen LogP contribution in [0.5, 0.6) is 0 Å². The zero-order valence-corrected chi connectivity index (χ0v) is 16.0. The topological polar surface area (TPSA) is 59.0 Å². The first-order valence-electron chi connectivity index (χ1n) is 7.73. The highest BCUT2D eigenvalue weighted by Crippen LogP contribution is 2.33. The molecule has 2 aromatic carbocycles. The summed E-state index contributed by atoms with van der Waals surface area (Å²) in [5.41, 5.74) is 7.99. The molecule has 1 heterocycles. The maximum absolute atomic E-state index is 12.5. The molecule has 0 fully saturated rings. The lowest BCUT2D eigenvalue weighted by molar-refractivity contribution is 0.0962. The van der Waals surface area contributed by atoms with E-state index in [0.29, 0.717) is 32.9 Å². The van der Waals surface area contributed by atoms with Gasteiger partial charge in [0.25, 0.3) is 5.91 Å². The molecular formula is C18H15Cl3N4O. The van der Waals surface area contributed by atoms with Crippen molar-refractivity contribution in [2.24, 2.45) is 0 Å². The number of halogens is 3. The number of benzene rings is 2. The van der Waals surface area contributed by atoms with E-state index in [0.717, 1.165) is 11.3 Å². The Bertz CT molecular complexity index is 918. The Morgan fingerprint density at radius 3 is 2.42 bits per heavy atom. The van der Waals surface area contributed by atoms with Crippen LogP contribution >= 0.6 is 34.8 Å². The van der Waals surface area contributed by atoms with Gasteiger partial charge in [0.2, 0.25) is 0 Å². The van der Waals surface area contributed by atoms with Crippen molar-refractivity contribution in [3.05, 3.63) is 80.6 Å². The van der Waals surface area contributed by atoms with Gasteiger partial charge in [-0.1, -0.05) is 65.1 Å². The van der Waals surface area contributed by atoms with Crippen LogP contribution in [0.3, 0.4) is 0 Å². The molecule has 134 valence electrons. The van der Waals surface area contributed by atoms with Gasteiger partial charge in [0.15, 0.2) is 0 Å². The van der Waals surface area contributed by atoms with Crippen LogP contribution in [0.4, 0.5) is 5.69 Å². The predicted octanol–water partition coefficient (Wildman–Crippen LogP) is 4.96. The first-order valence-corrected chi connectivity index (χ1v) is 8.86. The number of rotatable bonds is 5. The van der Waals surface area contributed by atoms with Gasteiger partial charge in [-0.15, -0.1) is 0 Å². The molecule has 5 nitrogen and oxygen atoms in total. The molecule has 0 saturated carbocycles. The van der Waals surface area contributed by atoms with Gasteiger partial charge in [0.1, 0.15) is 0 Å². The highest BCUT2D eigenvalue weighted by molar-refractivity contribution is 6.41. The van der Waals surface area contributed by atoms with Gasteiger partial charge in [0, 0.05) is 10.7 Å². The lowest BCUT2D eigenvalue weighted by Crippen LogP contribution is -2.30. The van der Waals surface area contributed by atoms with E-state index in [1.54, 1.807) is 4.68 Å². The number of anilines is 1. The van der Waals surface area contributed by atoms with Crippen LogP contribution in [0.1, 0.15) is 21.6 Å². The van der Waals surface area contributed by atoms with Crippen LogP contribution in [-0.4, -0.2) is 15.7 Å². The second kappa shape index (κ2) is 7.99. The summed E-state index contributed by atoms with van der Waals surface area (Å²) in [4.78, 5) is 12.5. The number of hydrogen-bond acceptors (Lipinski definition) is 3. The number of aromatic nitrogens is 2. The number of hydrazine groups is 1. The van der Waals surface area contributed by atoms with E-state index < -0.39 is 0 Å². The van der Waals surface area contributed by atoms with Gasteiger partial charge in [-0.2, -0.15) is 5.10 Å². The molecule has 0 spiro atoms. The number of nitrogens with one attached hydrogen (secondary N) is 2. The molecule has 0 aliphatic carbocycles. The predicted molar refractivity (Wildman–Crippen MR) is 105 cm³/mol. The smallest absolute Gasteiger partial charge is 0.273 e. The van der Waals surface area contributed by atoms with Crippen molar-refractivity contribution < 1.29 is 4.79 Å². The standard InChI is InChI=1S/C18H15Cl3N4O/c1-11-14(9-22-25(11)10-12-5-3-2-4-6-12)18(26)24-23-17-15(20)7-13(19)8-16(17)21/h2-9,23H,10H2,1H3,(H,24,26). The molecule has 8 heteroatoms. The van der Waals surface area contributed by atoms with Crippen molar-refractivity contribution >= 4 is 46.4 Å². The molecule has 3 rings (SSSR count). The number of amides is 1. The van der Waals surface area contributed by atoms with Crippen molar-refractivity contribution in [2.75, 3.05) is 5.43 Å². The summed E-state index contributed by atoms with van der Waals surface area (Å²) in [5, 5.41) is 5.31. The monoisotopic (exact) mass is 408 g/mol. The van der Waals surface area contributed by atoms with Gasteiger partial charge in [0.05, 0.1) is 34.0 Å². The molecule has 2 N–H and O–H groups in total. The minimum absolute atomic E-state index is 0.305. The Labute approximate surface area is 165 Å². The largest absolute Gasteiger partial charge is 0.295 e. The van der Waals surface area contributed by atoms with Crippen LogP contribution in [0, 0.1) is 6.92 Å². The van der Waals surface area contributed by atoms with Crippen molar-refractivity contribution in [3.8, 4) is 0 Å². The maximum Gasteiger partial charge on any atom is 0.273 e. The third-order valence-electron chi connectivity index (χ3n) is 3.83. The molecule has 0 aliphatic heterocycles. The second-order valence-electron chi connectivity index (χ2n) is 5.61. The summed E-state index contributed by atoms with van der Waals surface area (Å²) < 4.78 is 1.77. The molecule has 1 amide bonds. The third-order valence-corrected chi connectivity index (χ3v) is 4.65. The first kappa shape index (κ1) is 18.6. The molecular weight excluding hydrogens is 395 g/mol. The van der Waals surface area contributed by atoms with Gasteiger partial charge in [-0.25, -0.2) is 0 Å². The highest BCUT2D eigenvalue weighted by atomic mass is 35.5. The summed E-state index contributed by atoms with van der Waals surface area (Å²) in [6, 6.07) is 13.0. The van der Waals surface area contributed by atoms with E-state index >= 15 is 0 Å². The SMILES string of the molecule is Cc1c(C(=O)NNc2c(Cl)cc(Cl)cc2Cl)cnn1Cc1ccccc1. The van der Waals surface area contributed by atoms with Gasteiger partial charge < -0.3 is 0 Å². The first-order chi connectivity index (χ1) is 12.5. The van der Waals surface area contributed by atoms with E-state index in [1.807, 2.05) is 37.3 Å². The van der Waals surface area contributed by atoms with Crippen molar-refractivity contribution in [1.82, 2.24) is 15.2 Å². The highest BCUT2D eigenvalue weighted by Gasteiger charge is 2.15. The molecule has 0 unspecified atom stereocenters. The lowest BCUT2D eigenvalue weighted by atomic mass is 10.2. The van der Waals surface area contributed by atoms with Crippen LogP contribution < -0.4 is 10.9 Å². The third kappa shape index (κ3) is 4.12. The summed E-state index contributed by atoms with van der Waals surface area (Å²) in [6.07, 6.45) is 1.53. The molecule has 0 saturated heterocycles. The van der Waals surface area contributed by atoms with E-state index in [4.69, 9.17) is 34.8 Å². The second-order valence-corrected chi connectivity index (χ2v) is 6.86. The Kier molecular flexibility index (Phi) is 5.71. The number of nitrogens with zero attached hydrogens (tertiary/aromatic N) is 2. The normalized spacial score (nSPS) is 10.6. The average Bonchev–Trinajstić information content (AvgIpc) is 2.95. The fraction of sp³-hybridized carbons (Fsp3) is 0.111. The van der Waals surface area contributed by atoms with E-state index in [9.17, 15) is 4.79 Å². The average molecular weight is 410 g/mol. The van der Waals surface area contributed by atoms with E-state index in [1.165, 1.54) is 18.3 Å². The Morgan fingerprint density at radius 1 is 1.12 bits per heavy atom. The molecule has 1 aromatic heterocycles. The number of carbonyl (C=O) groups excluding carboxylic acids is 1. The Hall–Kier alpha value is -2.21. The summed E-state index contributed by atoms with van der Waals surface area (Å²) >= 11 is 18.1. The van der Waals surface area contributed by atoms with Crippen LogP contribution in [0.2, 0.25) is 15.1 Å². The molecule has 0 radical (unpaired) electrons. The molecule has 0 atom stereocenters. The molecule has 3 aromatic rings. The van der Waals surface area contributed by atoms with Gasteiger partial charge >= 0.3 is 0 Å². The van der Waals surface area contributed by atoms with Crippen LogP contribution in [-0.2, 0) is 6.54 Å². The van der Waals surface area contributed by atoms with Crippen molar-refractivity contribution in [3.63, 3.8) is 0 Å². The van der Waals surface area contributed by atoms with Crippen LogP contribution in [0.25, 0.3) is 0 Å². The minimum Gasteiger partial charge on any atom is -0.295 e. The lowest BCUT2D eigenvalue weighted by Gasteiger charge is -2.12.